The summed E-state index contributed by atoms with van der Waals surface area (Å²) in [6.07, 6.45) is 15.7. The topological polar surface area (TPSA) is 40.5 Å². The number of fused-ring (bicyclic) bond motifs is 5. The van der Waals surface area contributed by atoms with Gasteiger partial charge in [-0.25, -0.2) is 0 Å². The summed E-state index contributed by atoms with van der Waals surface area (Å²) in [5.41, 5.74) is 2.21. The van der Waals surface area contributed by atoms with E-state index in [1.807, 2.05) is 12.1 Å². The van der Waals surface area contributed by atoms with Crippen LogP contribution in [0.1, 0.15) is 111 Å². The van der Waals surface area contributed by atoms with Crippen molar-refractivity contribution in [2.24, 2.45) is 58.2 Å². The average molecular weight is 495 g/mol. The molecule has 0 aromatic heterocycles. The normalized spacial score (nSPS) is 43.0. The second-order valence-corrected chi connectivity index (χ2v) is 14.7. The highest BCUT2D eigenvalue weighted by Gasteiger charge is 2.61. The predicted octanol–water partition coefficient (Wildman–Crippen LogP) is 8.64. The van der Waals surface area contributed by atoms with E-state index in [2.05, 4.69) is 46.8 Å². The minimum absolute atomic E-state index is 0.176. The maximum atomic E-state index is 11.2. The van der Waals surface area contributed by atoms with Gasteiger partial charge >= 0.3 is 0 Å². The van der Waals surface area contributed by atoms with Crippen LogP contribution in [0.3, 0.4) is 0 Å². The first-order valence-electron chi connectivity index (χ1n) is 15.6. The van der Waals surface area contributed by atoms with Gasteiger partial charge in [0, 0.05) is 0 Å². The Morgan fingerprint density at radius 1 is 0.806 bits per heavy atom. The second-order valence-electron chi connectivity index (χ2n) is 14.7. The highest BCUT2D eigenvalue weighted by Crippen LogP contribution is 2.69. The SMILES string of the molecule is CC(C)CCC[C@@H](C)[C@H]1CC[C@H]2[C@@H]3CCC4C(Cc5ccc(O)cc5)C(O)CC[C@]4(C)[C@H]3CC[C@]12C. The summed E-state index contributed by atoms with van der Waals surface area (Å²) < 4.78 is 0. The van der Waals surface area contributed by atoms with Crippen LogP contribution >= 0.6 is 0 Å². The molecule has 4 fully saturated rings. The second kappa shape index (κ2) is 10.3. The molecule has 2 nitrogen and oxygen atoms in total. The minimum atomic E-state index is -0.176. The zero-order valence-corrected chi connectivity index (χ0v) is 23.9. The van der Waals surface area contributed by atoms with Gasteiger partial charge in [-0.2, -0.15) is 0 Å². The van der Waals surface area contributed by atoms with Crippen molar-refractivity contribution in [3.8, 4) is 5.75 Å². The molecule has 0 heterocycles. The molecule has 36 heavy (non-hydrogen) atoms. The number of aromatic hydroxyl groups is 1. The molecule has 4 aliphatic carbocycles. The molecule has 4 saturated carbocycles. The van der Waals surface area contributed by atoms with Crippen molar-refractivity contribution in [1.29, 1.82) is 0 Å². The Hall–Kier alpha value is -1.02. The van der Waals surface area contributed by atoms with Gasteiger partial charge in [-0.15, -0.1) is 0 Å². The summed E-state index contributed by atoms with van der Waals surface area (Å²) in [5, 5.41) is 20.9. The van der Waals surface area contributed by atoms with Crippen LogP contribution in [-0.2, 0) is 6.42 Å². The van der Waals surface area contributed by atoms with Gasteiger partial charge < -0.3 is 10.2 Å². The van der Waals surface area contributed by atoms with E-state index in [1.165, 1.54) is 69.8 Å². The van der Waals surface area contributed by atoms with Crippen molar-refractivity contribution in [3.63, 3.8) is 0 Å². The van der Waals surface area contributed by atoms with Gasteiger partial charge in [-0.05, 0) is 134 Å². The van der Waals surface area contributed by atoms with Gasteiger partial charge in [-0.3, -0.25) is 0 Å². The van der Waals surface area contributed by atoms with Crippen LogP contribution in [0.4, 0.5) is 0 Å². The van der Waals surface area contributed by atoms with Crippen molar-refractivity contribution < 1.29 is 10.2 Å². The van der Waals surface area contributed by atoms with Crippen LogP contribution in [0.25, 0.3) is 0 Å². The molecule has 2 heteroatoms. The molecule has 0 saturated heterocycles. The molecule has 0 radical (unpaired) electrons. The molecule has 1 aromatic carbocycles. The maximum Gasteiger partial charge on any atom is 0.115 e. The van der Waals surface area contributed by atoms with Crippen molar-refractivity contribution in [1.82, 2.24) is 0 Å². The van der Waals surface area contributed by atoms with E-state index in [1.54, 1.807) is 0 Å². The third-order valence-electron chi connectivity index (χ3n) is 12.5. The number of hydrogen-bond donors (Lipinski definition) is 2. The lowest BCUT2D eigenvalue weighted by molar-refractivity contribution is -0.152. The molecule has 3 unspecified atom stereocenters. The van der Waals surface area contributed by atoms with Crippen LogP contribution in [0.15, 0.2) is 24.3 Å². The number of rotatable bonds is 7. The number of phenolic OH excluding ortho intramolecular Hbond substituents is 1. The smallest absolute Gasteiger partial charge is 0.115 e. The molecule has 0 amide bonds. The lowest BCUT2D eigenvalue weighted by atomic mass is 9.42. The number of benzene rings is 1. The zero-order valence-electron chi connectivity index (χ0n) is 23.9. The summed E-state index contributed by atoms with van der Waals surface area (Å²) >= 11 is 0. The molecule has 0 spiro atoms. The van der Waals surface area contributed by atoms with Gasteiger partial charge in [0.25, 0.3) is 0 Å². The largest absolute Gasteiger partial charge is 0.508 e. The summed E-state index contributed by atoms with van der Waals surface area (Å²) in [6.45, 7) is 12.7. The van der Waals surface area contributed by atoms with Gasteiger partial charge in [-0.1, -0.05) is 66.0 Å². The lowest BCUT2D eigenvalue weighted by Gasteiger charge is -2.63. The number of phenols is 1. The quantitative estimate of drug-likeness (QED) is 0.398. The van der Waals surface area contributed by atoms with Crippen LogP contribution in [0.2, 0.25) is 0 Å². The predicted molar refractivity (Wildman–Crippen MR) is 150 cm³/mol. The zero-order chi connectivity index (χ0) is 25.7. The minimum Gasteiger partial charge on any atom is -0.508 e. The molecule has 10 atom stereocenters. The van der Waals surface area contributed by atoms with Gasteiger partial charge in [0.1, 0.15) is 5.75 Å². The van der Waals surface area contributed by atoms with E-state index >= 15 is 0 Å². The Kier molecular flexibility index (Phi) is 7.59. The Labute approximate surface area is 221 Å². The summed E-state index contributed by atoms with van der Waals surface area (Å²) in [4.78, 5) is 0. The molecule has 2 N–H and O–H groups in total. The standard InChI is InChI=1S/C34H54O2/c1-22(2)7-6-8-23(3)28-15-16-29-26-13-14-30-27(21-24-9-11-25(35)12-10-24)32(36)18-20-34(30,5)31(26)17-19-33(28,29)4/h9-12,22-23,26-32,35-36H,6-8,13-21H2,1-5H3/t23-,26+,27?,28-,29+,30?,31+,32?,33-,34+/m1/s1. The molecule has 0 aliphatic heterocycles. The molecule has 4 aliphatic rings. The monoisotopic (exact) mass is 494 g/mol. The highest BCUT2D eigenvalue weighted by atomic mass is 16.3. The molecule has 1 aromatic rings. The summed E-state index contributed by atoms with van der Waals surface area (Å²) in [6, 6.07) is 7.74. The van der Waals surface area contributed by atoms with Crippen molar-refractivity contribution in [2.45, 2.75) is 118 Å². The van der Waals surface area contributed by atoms with Crippen LogP contribution in [0, 0.1) is 58.2 Å². The van der Waals surface area contributed by atoms with Crippen molar-refractivity contribution in [2.75, 3.05) is 0 Å². The Bertz CT molecular complexity index is 876. The Balaban J connectivity index is 1.31. The van der Waals surface area contributed by atoms with Gasteiger partial charge in [0.2, 0.25) is 0 Å². The average Bonchev–Trinajstić information content (AvgIpc) is 3.19. The lowest BCUT2D eigenvalue weighted by Crippen LogP contribution is -2.57. The number of hydrogen-bond acceptors (Lipinski definition) is 2. The van der Waals surface area contributed by atoms with Gasteiger partial charge in [0.15, 0.2) is 0 Å². The molecule has 0 bridgehead atoms. The van der Waals surface area contributed by atoms with Gasteiger partial charge in [0.05, 0.1) is 6.10 Å². The van der Waals surface area contributed by atoms with Crippen LogP contribution < -0.4 is 0 Å². The van der Waals surface area contributed by atoms with E-state index in [-0.39, 0.29) is 6.10 Å². The first-order chi connectivity index (χ1) is 17.1. The van der Waals surface area contributed by atoms with Crippen molar-refractivity contribution >= 4 is 0 Å². The third kappa shape index (κ3) is 4.67. The molecule has 202 valence electrons. The first-order valence-corrected chi connectivity index (χ1v) is 15.6. The molecular formula is C34H54O2. The molecular weight excluding hydrogens is 440 g/mol. The fourth-order valence-electron chi connectivity index (χ4n) is 10.7. The van der Waals surface area contributed by atoms with Crippen LogP contribution in [0.5, 0.6) is 5.75 Å². The molecule has 5 rings (SSSR count). The first kappa shape index (κ1) is 26.6. The third-order valence-corrected chi connectivity index (χ3v) is 12.5. The highest BCUT2D eigenvalue weighted by molar-refractivity contribution is 5.26. The van der Waals surface area contributed by atoms with E-state index in [0.29, 0.717) is 28.4 Å². The van der Waals surface area contributed by atoms with E-state index in [9.17, 15) is 10.2 Å². The summed E-state index contributed by atoms with van der Waals surface area (Å²) in [7, 11) is 0. The number of aliphatic hydroxyl groups excluding tert-OH is 1. The van der Waals surface area contributed by atoms with E-state index in [4.69, 9.17) is 0 Å². The van der Waals surface area contributed by atoms with E-state index < -0.39 is 0 Å². The fourth-order valence-corrected chi connectivity index (χ4v) is 10.7. The fraction of sp³-hybridized carbons (Fsp3) is 0.824. The summed E-state index contributed by atoms with van der Waals surface area (Å²) in [5.74, 6) is 6.64. The maximum absolute atomic E-state index is 11.2. The van der Waals surface area contributed by atoms with Crippen molar-refractivity contribution in [3.05, 3.63) is 29.8 Å². The Morgan fingerprint density at radius 3 is 2.19 bits per heavy atom. The number of aliphatic hydroxyl groups is 1. The Morgan fingerprint density at radius 2 is 1.47 bits per heavy atom. The van der Waals surface area contributed by atoms with E-state index in [0.717, 1.165) is 48.3 Å². The van der Waals surface area contributed by atoms with Crippen LogP contribution in [-0.4, -0.2) is 16.3 Å².